The van der Waals surface area contributed by atoms with Gasteiger partial charge in [0.25, 0.3) is 5.91 Å². The van der Waals surface area contributed by atoms with E-state index in [2.05, 4.69) is 38.6 Å². The zero-order valence-electron chi connectivity index (χ0n) is 18.7. The zero-order chi connectivity index (χ0) is 21.7. The van der Waals surface area contributed by atoms with Crippen LogP contribution in [0.1, 0.15) is 53.5 Å². The van der Waals surface area contributed by atoms with E-state index in [4.69, 9.17) is 9.40 Å². The number of aromatic nitrogens is 2. The number of hydrogen-bond acceptors (Lipinski definition) is 5. The van der Waals surface area contributed by atoms with Crippen LogP contribution in [-0.4, -0.2) is 64.4 Å². The Kier molecular flexibility index (Phi) is 4.94. The number of pyridine rings is 1. The summed E-state index contributed by atoms with van der Waals surface area (Å²) in [5, 5.41) is 0. The number of carbonyl (C=O) groups is 1. The van der Waals surface area contributed by atoms with Gasteiger partial charge in [0.05, 0.1) is 23.6 Å². The second-order valence-corrected chi connectivity index (χ2v) is 9.57. The van der Waals surface area contributed by atoms with Crippen LogP contribution >= 0.6 is 0 Å². The number of rotatable bonds is 5. The number of aryl methyl sites for hydroxylation is 1. The summed E-state index contributed by atoms with van der Waals surface area (Å²) in [5.41, 5.74) is 2.73. The third-order valence-electron chi connectivity index (χ3n) is 7.32. The minimum atomic E-state index is 0.0637. The SMILES string of the molecule is Cc1occc1C(=O)N1CCN(CC2CC2)[C@H](c2cn3c(N4CCCC4)cccc3n2)C1. The lowest BCUT2D eigenvalue weighted by Crippen LogP contribution is -2.51. The van der Waals surface area contributed by atoms with Crippen LogP contribution in [0.3, 0.4) is 0 Å². The largest absolute Gasteiger partial charge is 0.469 e. The molecule has 3 aromatic heterocycles. The molecule has 0 aromatic carbocycles. The number of hydrogen-bond donors (Lipinski definition) is 0. The van der Waals surface area contributed by atoms with Crippen LogP contribution in [0.25, 0.3) is 5.65 Å². The predicted octanol–water partition coefficient (Wildman–Crippen LogP) is 3.75. The normalized spacial score (nSPS) is 22.2. The second kappa shape index (κ2) is 7.96. The summed E-state index contributed by atoms with van der Waals surface area (Å²) < 4.78 is 7.64. The molecule has 1 amide bonds. The van der Waals surface area contributed by atoms with Gasteiger partial charge in [-0.05, 0) is 56.7 Å². The Balaban J connectivity index is 1.32. The van der Waals surface area contributed by atoms with Crippen molar-refractivity contribution in [2.45, 2.75) is 38.6 Å². The first-order chi connectivity index (χ1) is 15.7. The molecule has 0 unspecified atom stereocenters. The maximum absolute atomic E-state index is 13.2. The molecule has 1 saturated carbocycles. The van der Waals surface area contributed by atoms with Gasteiger partial charge in [-0.2, -0.15) is 0 Å². The van der Waals surface area contributed by atoms with Crippen molar-refractivity contribution in [3.63, 3.8) is 0 Å². The Morgan fingerprint density at radius 3 is 2.72 bits per heavy atom. The smallest absolute Gasteiger partial charge is 0.257 e. The van der Waals surface area contributed by atoms with E-state index in [9.17, 15) is 4.79 Å². The fourth-order valence-corrected chi connectivity index (χ4v) is 5.29. The molecule has 3 aliphatic rings. The number of imidazole rings is 1. The maximum atomic E-state index is 13.2. The molecular weight excluding hydrogens is 402 g/mol. The number of piperazine rings is 1. The first kappa shape index (κ1) is 19.9. The van der Waals surface area contributed by atoms with E-state index in [1.54, 1.807) is 12.3 Å². The Labute approximate surface area is 188 Å². The van der Waals surface area contributed by atoms with Crippen LogP contribution in [0.5, 0.6) is 0 Å². The van der Waals surface area contributed by atoms with Crippen molar-refractivity contribution in [2.24, 2.45) is 5.92 Å². The molecule has 0 bridgehead atoms. The summed E-state index contributed by atoms with van der Waals surface area (Å²) >= 11 is 0. The molecule has 0 N–H and O–H groups in total. The third kappa shape index (κ3) is 3.58. The molecule has 3 fully saturated rings. The van der Waals surface area contributed by atoms with E-state index >= 15 is 0 Å². The molecule has 3 aromatic rings. The van der Waals surface area contributed by atoms with Crippen LogP contribution in [0, 0.1) is 12.8 Å². The van der Waals surface area contributed by atoms with Crippen molar-refractivity contribution in [1.82, 2.24) is 19.2 Å². The second-order valence-electron chi connectivity index (χ2n) is 9.57. The van der Waals surface area contributed by atoms with Gasteiger partial charge < -0.3 is 14.2 Å². The number of furan rings is 1. The van der Waals surface area contributed by atoms with Gasteiger partial charge in [-0.25, -0.2) is 4.98 Å². The summed E-state index contributed by atoms with van der Waals surface area (Å²) in [5.74, 6) is 2.78. The van der Waals surface area contributed by atoms with Crippen LogP contribution in [0.2, 0.25) is 0 Å². The monoisotopic (exact) mass is 433 g/mol. The number of amides is 1. The lowest BCUT2D eigenvalue weighted by atomic mass is 10.1. The topological polar surface area (TPSA) is 57.2 Å². The number of nitrogens with zero attached hydrogens (tertiary/aromatic N) is 5. The molecular formula is C25H31N5O2. The standard InChI is InChI=1S/C25H31N5O2/c1-18-20(9-14-32-18)25(31)29-13-12-28(15-19-7-8-19)22(17-29)21-16-30-23(26-21)5-4-6-24(30)27-10-2-3-11-27/h4-6,9,14,16,19,22H,2-3,7-8,10-13,15,17H2,1H3/t22-/m0/s1. The Hall–Kier alpha value is -2.80. The van der Waals surface area contributed by atoms with E-state index in [-0.39, 0.29) is 11.9 Å². The van der Waals surface area contributed by atoms with Gasteiger partial charge in [-0.3, -0.25) is 14.1 Å². The number of anilines is 1. The number of fused-ring (bicyclic) bond motifs is 1. The lowest BCUT2D eigenvalue weighted by Gasteiger charge is -2.40. The van der Waals surface area contributed by atoms with Crippen molar-refractivity contribution in [2.75, 3.05) is 44.2 Å². The fraction of sp³-hybridized carbons (Fsp3) is 0.520. The summed E-state index contributed by atoms with van der Waals surface area (Å²) in [6.07, 6.45) is 8.96. The van der Waals surface area contributed by atoms with Gasteiger partial charge in [0.2, 0.25) is 0 Å². The molecule has 0 radical (unpaired) electrons. The average molecular weight is 434 g/mol. The van der Waals surface area contributed by atoms with E-state index in [1.165, 1.54) is 31.5 Å². The summed E-state index contributed by atoms with van der Waals surface area (Å²) in [4.78, 5) is 25.3. The van der Waals surface area contributed by atoms with Gasteiger partial charge in [-0.15, -0.1) is 0 Å². The Morgan fingerprint density at radius 1 is 1.12 bits per heavy atom. The first-order valence-corrected chi connectivity index (χ1v) is 12.0. The number of carbonyl (C=O) groups excluding carboxylic acids is 1. The van der Waals surface area contributed by atoms with Crippen LogP contribution in [0.4, 0.5) is 5.82 Å². The van der Waals surface area contributed by atoms with Gasteiger partial charge in [0.15, 0.2) is 0 Å². The van der Waals surface area contributed by atoms with Crippen molar-refractivity contribution in [3.8, 4) is 0 Å². The Morgan fingerprint density at radius 2 is 1.97 bits per heavy atom. The summed E-state index contributed by atoms with van der Waals surface area (Å²) in [7, 11) is 0. The molecule has 168 valence electrons. The van der Waals surface area contributed by atoms with Gasteiger partial charge in [0.1, 0.15) is 17.2 Å². The fourth-order valence-electron chi connectivity index (χ4n) is 5.29. The Bertz CT molecular complexity index is 1120. The lowest BCUT2D eigenvalue weighted by molar-refractivity contribution is 0.0457. The average Bonchev–Trinajstić information content (AvgIpc) is 3.21. The van der Waals surface area contributed by atoms with Crippen molar-refractivity contribution >= 4 is 17.4 Å². The van der Waals surface area contributed by atoms with E-state index < -0.39 is 0 Å². The van der Waals surface area contributed by atoms with Crippen LogP contribution in [-0.2, 0) is 0 Å². The molecule has 2 saturated heterocycles. The molecule has 1 atom stereocenters. The molecule has 6 rings (SSSR count). The molecule has 5 heterocycles. The van der Waals surface area contributed by atoms with Gasteiger partial charge in [0, 0.05) is 45.5 Å². The molecule has 7 nitrogen and oxygen atoms in total. The highest BCUT2D eigenvalue weighted by molar-refractivity contribution is 5.95. The summed E-state index contributed by atoms with van der Waals surface area (Å²) in [6, 6.07) is 8.31. The highest BCUT2D eigenvalue weighted by Gasteiger charge is 2.36. The van der Waals surface area contributed by atoms with E-state index in [1.807, 2.05) is 11.8 Å². The van der Waals surface area contributed by atoms with Crippen LogP contribution in [0.15, 0.2) is 41.1 Å². The van der Waals surface area contributed by atoms with Crippen molar-refractivity contribution < 1.29 is 9.21 Å². The molecule has 1 aliphatic carbocycles. The first-order valence-electron chi connectivity index (χ1n) is 12.0. The molecule has 32 heavy (non-hydrogen) atoms. The summed E-state index contributed by atoms with van der Waals surface area (Å²) in [6.45, 7) is 7.47. The van der Waals surface area contributed by atoms with E-state index in [0.717, 1.165) is 50.0 Å². The highest BCUT2D eigenvalue weighted by Crippen LogP contribution is 2.35. The maximum Gasteiger partial charge on any atom is 0.257 e. The third-order valence-corrected chi connectivity index (χ3v) is 7.32. The van der Waals surface area contributed by atoms with Gasteiger partial charge in [-0.1, -0.05) is 6.07 Å². The quantitative estimate of drug-likeness (QED) is 0.614. The van der Waals surface area contributed by atoms with Crippen LogP contribution < -0.4 is 4.90 Å². The zero-order valence-corrected chi connectivity index (χ0v) is 18.7. The minimum Gasteiger partial charge on any atom is -0.469 e. The van der Waals surface area contributed by atoms with Gasteiger partial charge >= 0.3 is 0 Å². The highest BCUT2D eigenvalue weighted by atomic mass is 16.3. The molecule has 2 aliphatic heterocycles. The van der Waals surface area contributed by atoms with Crippen molar-refractivity contribution in [1.29, 1.82) is 0 Å². The van der Waals surface area contributed by atoms with E-state index in [0.29, 0.717) is 17.9 Å². The molecule has 7 heteroatoms. The predicted molar refractivity (Wildman–Crippen MR) is 123 cm³/mol. The molecule has 0 spiro atoms. The van der Waals surface area contributed by atoms with Crippen molar-refractivity contribution in [3.05, 3.63) is 53.7 Å². The minimum absolute atomic E-state index is 0.0637.